The molecule has 0 saturated carbocycles. The molecule has 0 spiro atoms. The van der Waals surface area contributed by atoms with Crippen LogP contribution in [0.1, 0.15) is 20.3 Å². The smallest absolute Gasteiger partial charge is 0.237 e. The van der Waals surface area contributed by atoms with Crippen LogP contribution in [0.5, 0.6) is 0 Å². The van der Waals surface area contributed by atoms with Gasteiger partial charge in [-0.25, -0.2) is 0 Å². The fourth-order valence-corrected chi connectivity index (χ4v) is 1.93. The number of rotatable bonds is 7. The van der Waals surface area contributed by atoms with E-state index in [4.69, 9.17) is 0 Å². The molecule has 1 fully saturated rings. The first-order valence-corrected chi connectivity index (χ1v) is 6.05. The summed E-state index contributed by atoms with van der Waals surface area (Å²) in [6.07, 6.45) is 2.79. The molecule has 0 bridgehead atoms. The van der Waals surface area contributed by atoms with Crippen LogP contribution in [0, 0.1) is 0 Å². The van der Waals surface area contributed by atoms with Crippen molar-refractivity contribution < 1.29 is 4.79 Å². The quantitative estimate of drug-likeness (QED) is 0.615. The van der Waals surface area contributed by atoms with Gasteiger partial charge in [0, 0.05) is 25.7 Å². The van der Waals surface area contributed by atoms with Gasteiger partial charge in [0.2, 0.25) is 5.91 Å². The minimum Gasteiger partial charge on any atom is -0.351 e. The maximum atomic E-state index is 11.8. The van der Waals surface area contributed by atoms with Gasteiger partial charge in [-0.2, -0.15) is 0 Å². The molecule has 0 aliphatic carbocycles. The number of amides is 1. The van der Waals surface area contributed by atoms with Gasteiger partial charge in [-0.3, -0.25) is 9.69 Å². The minimum absolute atomic E-state index is 0.0491. The Morgan fingerprint density at radius 3 is 2.81 bits per heavy atom. The summed E-state index contributed by atoms with van der Waals surface area (Å²) in [4.78, 5) is 14.1. The molecule has 4 nitrogen and oxygen atoms in total. The van der Waals surface area contributed by atoms with Crippen LogP contribution in [0.2, 0.25) is 0 Å². The molecule has 1 heterocycles. The van der Waals surface area contributed by atoms with Crippen molar-refractivity contribution >= 4 is 5.91 Å². The van der Waals surface area contributed by atoms with Gasteiger partial charge in [-0.15, -0.1) is 6.58 Å². The summed E-state index contributed by atoms with van der Waals surface area (Å²) in [7, 11) is 0. The van der Waals surface area contributed by atoms with E-state index in [1.165, 1.54) is 0 Å². The number of hydrogen-bond donors (Lipinski definition) is 2. The molecule has 1 aliphatic heterocycles. The Balaban J connectivity index is 2.47. The lowest BCUT2D eigenvalue weighted by Gasteiger charge is -2.41. The van der Waals surface area contributed by atoms with Crippen LogP contribution in [-0.2, 0) is 4.79 Å². The topological polar surface area (TPSA) is 44.4 Å². The van der Waals surface area contributed by atoms with E-state index in [0.29, 0.717) is 12.6 Å². The van der Waals surface area contributed by atoms with E-state index in [1.807, 2.05) is 6.92 Å². The van der Waals surface area contributed by atoms with Crippen LogP contribution in [0.4, 0.5) is 0 Å². The van der Waals surface area contributed by atoms with Crippen molar-refractivity contribution in [2.75, 3.05) is 26.2 Å². The molecule has 1 aliphatic rings. The van der Waals surface area contributed by atoms with E-state index in [0.717, 1.165) is 26.1 Å². The molecule has 16 heavy (non-hydrogen) atoms. The molecular weight excluding hydrogens is 202 g/mol. The van der Waals surface area contributed by atoms with Gasteiger partial charge >= 0.3 is 0 Å². The SMILES string of the molecule is C=CCNC(=O)C(C)N(CCC)C1CNC1. The molecule has 0 aromatic heterocycles. The lowest BCUT2D eigenvalue weighted by Crippen LogP contribution is -2.62. The van der Waals surface area contributed by atoms with E-state index >= 15 is 0 Å². The van der Waals surface area contributed by atoms with Crippen molar-refractivity contribution in [3.8, 4) is 0 Å². The largest absolute Gasteiger partial charge is 0.351 e. The van der Waals surface area contributed by atoms with Crippen molar-refractivity contribution in [2.24, 2.45) is 0 Å². The van der Waals surface area contributed by atoms with Crippen molar-refractivity contribution in [3.05, 3.63) is 12.7 Å². The molecule has 1 saturated heterocycles. The van der Waals surface area contributed by atoms with E-state index in [9.17, 15) is 4.79 Å². The Bertz CT molecular complexity index is 238. The van der Waals surface area contributed by atoms with Crippen molar-refractivity contribution in [1.29, 1.82) is 0 Å². The summed E-state index contributed by atoms with van der Waals surface area (Å²) in [5, 5.41) is 6.10. The van der Waals surface area contributed by atoms with Crippen LogP contribution < -0.4 is 10.6 Å². The Hall–Kier alpha value is -0.870. The number of nitrogens with zero attached hydrogens (tertiary/aromatic N) is 1. The standard InChI is InChI=1S/C12H23N3O/c1-4-6-14-12(16)10(3)15(7-5-2)11-8-13-9-11/h4,10-11,13H,1,5-9H2,2-3H3,(H,14,16). The summed E-state index contributed by atoms with van der Waals surface area (Å²) >= 11 is 0. The van der Waals surface area contributed by atoms with E-state index < -0.39 is 0 Å². The third-order valence-corrected chi connectivity index (χ3v) is 3.01. The number of hydrogen-bond acceptors (Lipinski definition) is 3. The lowest BCUT2D eigenvalue weighted by atomic mass is 10.1. The van der Waals surface area contributed by atoms with Gasteiger partial charge in [-0.05, 0) is 19.9 Å². The van der Waals surface area contributed by atoms with E-state index in [2.05, 4.69) is 29.0 Å². The van der Waals surface area contributed by atoms with Crippen LogP contribution in [0.3, 0.4) is 0 Å². The maximum absolute atomic E-state index is 11.8. The fourth-order valence-electron chi connectivity index (χ4n) is 1.93. The zero-order chi connectivity index (χ0) is 12.0. The molecular formula is C12H23N3O. The number of nitrogens with one attached hydrogen (secondary N) is 2. The van der Waals surface area contributed by atoms with Crippen LogP contribution in [-0.4, -0.2) is 49.1 Å². The summed E-state index contributed by atoms with van der Waals surface area (Å²) in [5.41, 5.74) is 0. The molecule has 1 atom stereocenters. The highest BCUT2D eigenvalue weighted by Crippen LogP contribution is 2.10. The van der Waals surface area contributed by atoms with Gasteiger partial charge < -0.3 is 10.6 Å². The number of carbonyl (C=O) groups is 1. The Morgan fingerprint density at radius 2 is 2.38 bits per heavy atom. The molecule has 0 radical (unpaired) electrons. The highest BCUT2D eigenvalue weighted by Gasteiger charge is 2.30. The van der Waals surface area contributed by atoms with Gasteiger partial charge in [0.05, 0.1) is 6.04 Å². The van der Waals surface area contributed by atoms with Crippen molar-refractivity contribution in [1.82, 2.24) is 15.5 Å². The normalized spacial score (nSPS) is 17.9. The van der Waals surface area contributed by atoms with E-state index in [1.54, 1.807) is 6.08 Å². The van der Waals surface area contributed by atoms with E-state index in [-0.39, 0.29) is 11.9 Å². The summed E-state index contributed by atoms with van der Waals surface area (Å²) < 4.78 is 0. The monoisotopic (exact) mass is 225 g/mol. The van der Waals surface area contributed by atoms with Gasteiger partial charge in [-0.1, -0.05) is 13.0 Å². The molecule has 2 N–H and O–H groups in total. The van der Waals surface area contributed by atoms with Gasteiger partial charge in [0.25, 0.3) is 0 Å². The Labute approximate surface area is 98.1 Å². The highest BCUT2D eigenvalue weighted by atomic mass is 16.2. The summed E-state index contributed by atoms with van der Waals surface area (Å²) in [6, 6.07) is 0.469. The fraction of sp³-hybridized carbons (Fsp3) is 0.750. The Morgan fingerprint density at radius 1 is 1.69 bits per heavy atom. The molecule has 4 heteroatoms. The molecule has 1 unspecified atom stereocenters. The first kappa shape index (κ1) is 13.2. The zero-order valence-corrected chi connectivity index (χ0v) is 10.3. The van der Waals surface area contributed by atoms with Crippen LogP contribution >= 0.6 is 0 Å². The second-order valence-corrected chi connectivity index (χ2v) is 4.26. The first-order valence-electron chi connectivity index (χ1n) is 6.05. The van der Waals surface area contributed by atoms with Gasteiger partial charge in [0.1, 0.15) is 0 Å². The third-order valence-electron chi connectivity index (χ3n) is 3.01. The average molecular weight is 225 g/mol. The number of carbonyl (C=O) groups excluding carboxylic acids is 1. The molecule has 0 aromatic carbocycles. The average Bonchev–Trinajstić information content (AvgIpc) is 2.21. The summed E-state index contributed by atoms with van der Waals surface area (Å²) in [5.74, 6) is 0.0975. The minimum atomic E-state index is -0.0491. The maximum Gasteiger partial charge on any atom is 0.237 e. The zero-order valence-electron chi connectivity index (χ0n) is 10.3. The van der Waals surface area contributed by atoms with Crippen molar-refractivity contribution in [2.45, 2.75) is 32.4 Å². The summed E-state index contributed by atoms with van der Waals surface area (Å²) in [6.45, 7) is 11.2. The van der Waals surface area contributed by atoms with Crippen LogP contribution in [0.25, 0.3) is 0 Å². The van der Waals surface area contributed by atoms with Gasteiger partial charge in [0.15, 0.2) is 0 Å². The predicted octanol–water partition coefficient (Wildman–Crippen LogP) is 0.361. The first-order chi connectivity index (χ1) is 7.70. The van der Waals surface area contributed by atoms with Crippen LogP contribution in [0.15, 0.2) is 12.7 Å². The molecule has 1 amide bonds. The molecule has 1 rings (SSSR count). The lowest BCUT2D eigenvalue weighted by molar-refractivity contribution is -0.127. The second-order valence-electron chi connectivity index (χ2n) is 4.26. The highest BCUT2D eigenvalue weighted by molar-refractivity contribution is 5.81. The molecule has 0 aromatic rings. The predicted molar refractivity (Wildman–Crippen MR) is 66.3 cm³/mol. The third kappa shape index (κ3) is 3.32. The Kier molecular flexibility index (Phi) is 5.49. The second kappa shape index (κ2) is 6.66. The van der Waals surface area contributed by atoms with Crippen molar-refractivity contribution in [3.63, 3.8) is 0 Å². The molecule has 92 valence electrons.